The number of carbonyl (C=O) groups is 2. The van der Waals surface area contributed by atoms with Crippen LogP contribution in [0.25, 0.3) is 0 Å². The van der Waals surface area contributed by atoms with E-state index >= 15 is 0 Å². The van der Waals surface area contributed by atoms with Gasteiger partial charge in [-0.2, -0.15) is 0 Å². The van der Waals surface area contributed by atoms with Crippen molar-refractivity contribution < 1.29 is 14.3 Å². The molecule has 2 aromatic carbocycles. The van der Waals surface area contributed by atoms with Crippen LogP contribution in [-0.2, 0) is 9.53 Å². The second-order valence-corrected chi connectivity index (χ2v) is 4.62. The fourth-order valence-electron chi connectivity index (χ4n) is 2.10. The molecule has 0 spiro atoms. The minimum absolute atomic E-state index is 0.150. The Morgan fingerprint density at radius 3 is 2.23 bits per heavy atom. The summed E-state index contributed by atoms with van der Waals surface area (Å²) in [5.74, 6) is -1.02. The molecule has 1 fully saturated rings. The Labute approximate surface area is 126 Å². The van der Waals surface area contributed by atoms with Gasteiger partial charge in [-0.05, 0) is 12.1 Å². The molecule has 1 saturated heterocycles. The van der Waals surface area contributed by atoms with Gasteiger partial charge in [0.05, 0.1) is 5.69 Å². The average molecular weight is 292 g/mol. The van der Waals surface area contributed by atoms with Crippen LogP contribution in [0.2, 0.25) is 0 Å². The highest BCUT2D eigenvalue weighted by atomic mass is 16.5. The van der Waals surface area contributed by atoms with Gasteiger partial charge in [-0.1, -0.05) is 48.5 Å². The molecule has 108 valence electrons. The summed E-state index contributed by atoms with van der Waals surface area (Å²) in [5, 5.41) is 7.78. The third kappa shape index (κ3) is 2.52. The predicted molar refractivity (Wildman–Crippen MR) is 81.6 cm³/mol. The Bertz CT molecular complexity index is 767. The summed E-state index contributed by atoms with van der Waals surface area (Å²) >= 11 is 0. The molecule has 0 atom stereocenters. The molecule has 0 unspecified atom stereocenters. The van der Waals surface area contributed by atoms with E-state index in [0.717, 1.165) is 11.0 Å². The number of allylic oxidation sites excluding steroid dienone is 1. The summed E-state index contributed by atoms with van der Waals surface area (Å²) in [6.07, 6.45) is 1.12. The molecule has 1 N–H and O–H groups in total. The summed E-state index contributed by atoms with van der Waals surface area (Å²) in [6, 6.07) is 17.0. The van der Waals surface area contributed by atoms with Crippen molar-refractivity contribution in [3.8, 4) is 0 Å². The van der Waals surface area contributed by atoms with E-state index in [9.17, 15) is 9.59 Å². The van der Waals surface area contributed by atoms with Crippen LogP contribution in [0.4, 0.5) is 5.69 Å². The summed E-state index contributed by atoms with van der Waals surface area (Å²) in [6.45, 7) is 0. The van der Waals surface area contributed by atoms with Crippen molar-refractivity contribution in [2.45, 2.75) is 0 Å². The average Bonchev–Trinajstić information content (AvgIpc) is 2.83. The van der Waals surface area contributed by atoms with Gasteiger partial charge >= 0.3 is 11.9 Å². The van der Waals surface area contributed by atoms with Crippen LogP contribution in [0.15, 0.2) is 72.5 Å². The second-order valence-electron chi connectivity index (χ2n) is 4.62. The molecule has 5 nitrogen and oxygen atoms in total. The van der Waals surface area contributed by atoms with Crippen LogP contribution in [0.5, 0.6) is 0 Å². The Hall–Kier alpha value is -3.21. The number of para-hydroxylation sites is 1. The smallest absolute Gasteiger partial charge is 0.302 e. The van der Waals surface area contributed by atoms with Gasteiger partial charge < -0.3 is 4.74 Å². The molecule has 1 amide bonds. The summed E-state index contributed by atoms with van der Waals surface area (Å²) in [5.41, 5.74) is 0.976. The number of rotatable bonds is 3. The molecule has 0 aliphatic carbocycles. The number of hydrogen-bond acceptors (Lipinski definition) is 4. The van der Waals surface area contributed by atoms with E-state index in [1.54, 1.807) is 54.6 Å². The fourth-order valence-corrected chi connectivity index (χ4v) is 2.10. The lowest BCUT2D eigenvalue weighted by Gasteiger charge is -2.11. The molecule has 0 aromatic heterocycles. The van der Waals surface area contributed by atoms with Gasteiger partial charge in [-0.15, -0.1) is 0 Å². The first kappa shape index (κ1) is 13.8. The van der Waals surface area contributed by atoms with E-state index in [1.807, 2.05) is 6.07 Å². The second kappa shape index (κ2) is 5.65. The van der Waals surface area contributed by atoms with E-state index in [1.165, 1.54) is 0 Å². The van der Waals surface area contributed by atoms with Crippen molar-refractivity contribution >= 4 is 23.4 Å². The van der Waals surface area contributed by atoms with Gasteiger partial charge in [0.2, 0.25) is 5.76 Å². The van der Waals surface area contributed by atoms with Crippen molar-refractivity contribution in [1.29, 1.82) is 5.41 Å². The van der Waals surface area contributed by atoms with Crippen LogP contribution in [0.3, 0.4) is 0 Å². The predicted octanol–water partition coefficient (Wildman–Crippen LogP) is 2.75. The number of ether oxygens (including phenoxy) is 1. The van der Waals surface area contributed by atoms with Gasteiger partial charge in [0.15, 0.2) is 5.78 Å². The van der Waals surface area contributed by atoms with Crippen LogP contribution >= 0.6 is 0 Å². The van der Waals surface area contributed by atoms with Gasteiger partial charge in [-0.25, -0.2) is 4.90 Å². The molecule has 0 saturated carbocycles. The Balaban J connectivity index is 1.88. The number of anilines is 1. The van der Waals surface area contributed by atoms with E-state index < -0.39 is 5.91 Å². The van der Waals surface area contributed by atoms with Gasteiger partial charge in [-0.3, -0.25) is 15.0 Å². The summed E-state index contributed by atoms with van der Waals surface area (Å²) in [4.78, 5) is 25.5. The van der Waals surface area contributed by atoms with Crippen LogP contribution in [-0.4, -0.2) is 17.7 Å². The number of nitrogens with one attached hydrogen (secondary N) is 1. The molecular formula is C17H12N2O3. The number of nitrogens with zero attached hydrogens (tertiary/aromatic N) is 1. The molecule has 1 aliphatic rings. The third-order valence-electron chi connectivity index (χ3n) is 3.16. The van der Waals surface area contributed by atoms with Crippen molar-refractivity contribution in [3.05, 3.63) is 78.1 Å². The molecule has 1 aliphatic heterocycles. The van der Waals surface area contributed by atoms with Gasteiger partial charge in [0.1, 0.15) is 0 Å². The highest BCUT2D eigenvalue weighted by molar-refractivity contribution is 6.25. The SMILES string of the molecule is N=C1O/C(=C/C(=O)c2ccccc2)C(=O)N1c1ccccc1. The van der Waals surface area contributed by atoms with Crippen molar-refractivity contribution in [2.24, 2.45) is 0 Å². The minimum atomic E-state index is -0.527. The maximum Gasteiger partial charge on any atom is 0.302 e. The molecule has 0 radical (unpaired) electrons. The third-order valence-corrected chi connectivity index (χ3v) is 3.16. The highest BCUT2D eigenvalue weighted by Crippen LogP contribution is 2.24. The standard InChI is InChI=1S/C17H12N2O3/c18-17-19(13-9-5-2-6-10-13)16(21)15(22-17)11-14(20)12-7-3-1-4-8-12/h1-11,18H/b15-11+,18-17?. The molecule has 5 heteroatoms. The zero-order chi connectivity index (χ0) is 15.5. The van der Waals surface area contributed by atoms with Crippen LogP contribution in [0.1, 0.15) is 10.4 Å². The molecule has 3 rings (SSSR count). The van der Waals surface area contributed by atoms with Crippen LogP contribution in [0, 0.1) is 5.41 Å². The zero-order valence-electron chi connectivity index (χ0n) is 11.5. The maximum atomic E-state index is 12.3. The van der Waals surface area contributed by atoms with E-state index in [4.69, 9.17) is 10.1 Å². The van der Waals surface area contributed by atoms with Gasteiger partial charge in [0.25, 0.3) is 0 Å². The van der Waals surface area contributed by atoms with Crippen molar-refractivity contribution in [2.75, 3.05) is 4.90 Å². The lowest BCUT2D eigenvalue weighted by molar-refractivity contribution is -0.114. The largest absolute Gasteiger partial charge is 0.419 e. The number of carbonyl (C=O) groups excluding carboxylic acids is 2. The number of amidine groups is 1. The van der Waals surface area contributed by atoms with E-state index in [0.29, 0.717) is 11.3 Å². The maximum absolute atomic E-state index is 12.3. The normalized spacial score (nSPS) is 16.0. The monoisotopic (exact) mass is 292 g/mol. The molecule has 1 heterocycles. The van der Waals surface area contributed by atoms with Gasteiger partial charge in [0, 0.05) is 11.6 Å². The van der Waals surface area contributed by atoms with Crippen molar-refractivity contribution in [1.82, 2.24) is 0 Å². The first-order valence-electron chi connectivity index (χ1n) is 6.64. The Morgan fingerprint density at radius 2 is 1.59 bits per heavy atom. The topological polar surface area (TPSA) is 70.5 Å². The molecule has 2 aromatic rings. The summed E-state index contributed by atoms with van der Waals surface area (Å²) in [7, 11) is 0. The first-order valence-corrected chi connectivity index (χ1v) is 6.64. The quantitative estimate of drug-likeness (QED) is 0.698. The molecule has 22 heavy (non-hydrogen) atoms. The number of benzene rings is 2. The number of amides is 1. The number of hydrogen-bond donors (Lipinski definition) is 1. The van der Waals surface area contributed by atoms with Crippen molar-refractivity contribution in [3.63, 3.8) is 0 Å². The fraction of sp³-hybridized carbons (Fsp3) is 0. The van der Waals surface area contributed by atoms with E-state index in [-0.39, 0.29) is 17.6 Å². The zero-order valence-corrected chi connectivity index (χ0v) is 11.5. The minimum Gasteiger partial charge on any atom is -0.419 e. The molecular weight excluding hydrogens is 280 g/mol. The lowest BCUT2D eigenvalue weighted by Crippen LogP contribution is -2.28. The number of ketones is 1. The van der Waals surface area contributed by atoms with E-state index in [2.05, 4.69) is 0 Å². The highest BCUT2D eigenvalue weighted by Gasteiger charge is 2.35. The Kier molecular flexibility index (Phi) is 3.53. The van der Waals surface area contributed by atoms with Crippen LogP contribution < -0.4 is 4.90 Å². The summed E-state index contributed by atoms with van der Waals surface area (Å²) < 4.78 is 5.13. The lowest BCUT2D eigenvalue weighted by atomic mass is 10.1. The Morgan fingerprint density at radius 1 is 1.00 bits per heavy atom. The first-order chi connectivity index (χ1) is 10.7. The molecule has 0 bridgehead atoms.